The summed E-state index contributed by atoms with van der Waals surface area (Å²) in [5.41, 5.74) is 7.20. The summed E-state index contributed by atoms with van der Waals surface area (Å²) in [5.74, 6) is -1.68. The molecule has 0 radical (unpaired) electrons. The van der Waals surface area contributed by atoms with Gasteiger partial charge in [0.1, 0.15) is 0 Å². The van der Waals surface area contributed by atoms with Crippen molar-refractivity contribution in [3.63, 3.8) is 0 Å². The van der Waals surface area contributed by atoms with E-state index in [9.17, 15) is 8.78 Å². The van der Waals surface area contributed by atoms with Crippen LogP contribution in [0.15, 0.2) is 45.3 Å². The fraction of sp³-hybridized carbons (Fsp3) is 0.143. The van der Waals surface area contributed by atoms with E-state index in [-0.39, 0.29) is 12.0 Å². The van der Waals surface area contributed by atoms with E-state index >= 15 is 0 Å². The van der Waals surface area contributed by atoms with Crippen LogP contribution in [0.25, 0.3) is 0 Å². The Balaban J connectivity index is 2.28. The molecule has 0 bridgehead atoms. The second kappa shape index (κ2) is 6.11. The first kappa shape index (κ1) is 14.6. The number of rotatable bonds is 3. The van der Waals surface area contributed by atoms with Crippen LogP contribution in [0.1, 0.15) is 17.2 Å². The van der Waals surface area contributed by atoms with Crippen molar-refractivity contribution in [2.45, 2.75) is 12.5 Å². The molecular formula is C14H11Br2F2N. The second-order valence-corrected chi connectivity index (χ2v) is 5.96. The highest BCUT2D eigenvalue weighted by molar-refractivity contribution is 9.11. The summed E-state index contributed by atoms with van der Waals surface area (Å²) in [5, 5.41) is 0. The molecule has 100 valence electrons. The SMILES string of the molecule is NC(Cc1cccc(F)c1F)c1cc(Br)ccc1Br. The molecule has 0 aliphatic heterocycles. The summed E-state index contributed by atoms with van der Waals surface area (Å²) in [6, 6.07) is 9.32. The summed E-state index contributed by atoms with van der Waals surface area (Å²) in [4.78, 5) is 0. The van der Waals surface area contributed by atoms with Crippen LogP contribution in [0, 0.1) is 11.6 Å². The first-order valence-corrected chi connectivity index (χ1v) is 7.21. The van der Waals surface area contributed by atoms with Crippen molar-refractivity contribution in [3.8, 4) is 0 Å². The normalized spacial score (nSPS) is 12.5. The average Bonchev–Trinajstić information content (AvgIpc) is 2.38. The summed E-state index contributed by atoms with van der Waals surface area (Å²) < 4.78 is 28.5. The number of hydrogen-bond acceptors (Lipinski definition) is 1. The number of hydrogen-bond donors (Lipinski definition) is 1. The minimum absolute atomic E-state index is 0.235. The summed E-state index contributed by atoms with van der Waals surface area (Å²) >= 11 is 6.77. The van der Waals surface area contributed by atoms with Gasteiger partial charge in [-0.2, -0.15) is 0 Å². The quantitative estimate of drug-likeness (QED) is 0.805. The molecule has 2 aromatic rings. The van der Waals surface area contributed by atoms with Crippen LogP contribution < -0.4 is 5.73 Å². The Labute approximate surface area is 127 Å². The fourth-order valence-electron chi connectivity index (χ4n) is 1.85. The van der Waals surface area contributed by atoms with Gasteiger partial charge in [-0.25, -0.2) is 8.78 Å². The maximum atomic E-state index is 13.6. The van der Waals surface area contributed by atoms with E-state index < -0.39 is 17.7 Å². The Morgan fingerprint density at radius 1 is 1.11 bits per heavy atom. The highest BCUT2D eigenvalue weighted by Gasteiger charge is 2.15. The predicted octanol–water partition coefficient (Wildman–Crippen LogP) is 4.73. The molecular weight excluding hydrogens is 380 g/mol. The van der Waals surface area contributed by atoms with Crippen LogP contribution in [-0.4, -0.2) is 0 Å². The Kier molecular flexibility index (Phi) is 4.71. The zero-order valence-corrected chi connectivity index (χ0v) is 13.0. The van der Waals surface area contributed by atoms with Gasteiger partial charge in [0, 0.05) is 15.0 Å². The van der Waals surface area contributed by atoms with E-state index in [1.807, 2.05) is 18.2 Å². The largest absolute Gasteiger partial charge is 0.324 e. The average molecular weight is 391 g/mol. The van der Waals surface area contributed by atoms with Crippen molar-refractivity contribution in [2.24, 2.45) is 5.73 Å². The van der Waals surface area contributed by atoms with Crippen LogP contribution >= 0.6 is 31.9 Å². The van der Waals surface area contributed by atoms with E-state index in [0.29, 0.717) is 0 Å². The van der Waals surface area contributed by atoms with E-state index in [2.05, 4.69) is 31.9 Å². The highest BCUT2D eigenvalue weighted by Crippen LogP contribution is 2.28. The van der Waals surface area contributed by atoms with Gasteiger partial charge in [0.2, 0.25) is 0 Å². The smallest absolute Gasteiger partial charge is 0.162 e. The lowest BCUT2D eigenvalue weighted by atomic mass is 9.99. The lowest BCUT2D eigenvalue weighted by Crippen LogP contribution is -2.15. The molecule has 2 aromatic carbocycles. The minimum atomic E-state index is -0.849. The molecule has 1 unspecified atom stereocenters. The van der Waals surface area contributed by atoms with E-state index in [4.69, 9.17) is 5.73 Å². The molecule has 0 fully saturated rings. The Bertz CT molecular complexity index is 602. The highest BCUT2D eigenvalue weighted by atomic mass is 79.9. The van der Waals surface area contributed by atoms with Crippen LogP contribution in [0.5, 0.6) is 0 Å². The van der Waals surface area contributed by atoms with Crippen LogP contribution in [0.3, 0.4) is 0 Å². The van der Waals surface area contributed by atoms with E-state index in [0.717, 1.165) is 20.6 Å². The third-order valence-corrected chi connectivity index (χ3v) is 4.04. The molecule has 0 saturated carbocycles. The molecule has 0 aliphatic carbocycles. The van der Waals surface area contributed by atoms with E-state index in [1.54, 1.807) is 6.07 Å². The monoisotopic (exact) mass is 389 g/mol. The van der Waals surface area contributed by atoms with Crippen molar-refractivity contribution < 1.29 is 8.78 Å². The van der Waals surface area contributed by atoms with Crippen molar-refractivity contribution in [3.05, 3.63) is 68.1 Å². The summed E-state index contributed by atoms with van der Waals surface area (Å²) in [7, 11) is 0. The van der Waals surface area contributed by atoms with Gasteiger partial charge in [-0.15, -0.1) is 0 Å². The number of benzene rings is 2. The first-order valence-electron chi connectivity index (χ1n) is 5.62. The van der Waals surface area contributed by atoms with Gasteiger partial charge in [-0.05, 0) is 41.8 Å². The van der Waals surface area contributed by atoms with Gasteiger partial charge in [0.25, 0.3) is 0 Å². The van der Waals surface area contributed by atoms with Gasteiger partial charge in [0.15, 0.2) is 11.6 Å². The third-order valence-electron chi connectivity index (χ3n) is 2.83. The van der Waals surface area contributed by atoms with Crippen molar-refractivity contribution >= 4 is 31.9 Å². The maximum Gasteiger partial charge on any atom is 0.162 e. The van der Waals surface area contributed by atoms with Gasteiger partial charge >= 0.3 is 0 Å². The molecule has 0 aromatic heterocycles. The Hall–Kier alpha value is -0.780. The second-order valence-electron chi connectivity index (χ2n) is 4.19. The zero-order valence-electron chi connectivity index (χ0n) is 9.84. The molecule has 1 nitrogen and oxygen atoms in total. The molecule has 0 amide bonds. The minimum Gasteiger partial charge on any atom is -0.324 e. The van der Waals surface area contributed by atoms with Crippen LogP contribution in [0.4, 0.5) is 8.78 Å². The zero-order chi connectivity index (χ0) is 14.0. The lowest BCUT2D eigenvalue weighted by molar-refractivity contribution is 0.494. The molecule has 0 saturated heterocycles. The molecule has 0 aliphatic rings. The molecule has 19 heavy (non-hydrogen) atoms. The van der Waals surface area contributed by atoms with Crippen molar-refractivity contribution in [1.82, 2.24) is 0 Å². The number of nitrogens with two attached hydrogens (primary N) is 1. The molecule has 2 N–H and O–H groups in total. The molecule has 1 atom stereocenters. The first-order chi connectivity index (χ1) is 8.99. The molecule has 2 rings (SSSR count). The van der Waals surface area contributed by atoms with Crippen molar-refractivity contribution in [1.29, 1.82) is 0 Å². The number of halogens is 4. The van der Waals surface area contributed by atoms with Gasteiger partial charge in [-0.1, -0.05) is 44.0 Å². The standard InChI is InChI=1S/C14H11Br2F2N/c15-9-4-5-11(16)10(7-9)13(19)6-8-2-1-3-12(17)14(8)18/h1-5,7,13H,6,19H2. The maximum absolute atomic E-state index is 13.6. The molecule has 0 heterocycles. The van der Waals surface area contributed by atoms with Crippen molar-refractivity contribution in [2.75, 3.05) is 0 Å². The Morgan fingerprint density at radius 2 is 1.84 bits per heavy atom. The van der Waals surface area contributed by atoms with Crippen LogP contribution in [0.2, 0.25) is 0 Å². The van der Waals surface area contributed by atoms with Gasteiger partial charge in [-0.3, -0.25) is 0 Å². The van der Waals surface area contributed by atoms with E-state index in [1.165, 1.54) is 6.07 Å². The van der Waals surface area contributed by atoms with Gasteiger partial charge < -0.3 is 5.73 Å². The lowest BCUT2D eigenvalue weighted by Gasteiger charge is -2.15. The third kappa shape index (κ3) is 3.41. The topological polar surface area (TPSA) is 26.0 Å². The Morgan fingerprint density at radius 3 is 2.58 bits per heavy atom. The van der Waals surface area contributed by atoms with Gasteiger partial charge in [0.05, 0.1) is 0 Å². The fourth-order valence-corrected chi connectivity index (χ4v) is 2.77. The summed E-state index contributed by atoms with van der Waals surface area (Å²) in [6.45, 7) is 0. The summed E-state index contributed by atoms with van der Waals surface area (Å²) in [6.07, 6.45) is 0.235. The molecule has 5 heteroatoms. The van der Waals surface area contributed by atoms with Crippen LogP contribution in [-0.2, 0) is 6.42 Å². The molecule has 0 spiro atoms. The predicted molar refractivity (Wildman–Crippen MR) is 78.8 cm³/mol.